The highest BCUT2D eigenvalue weighted by Gasteiger charge is 2.29. The number of amides is 1. The van der Waals surface area contributed by atoms with Gasteiger partial charge in [-0.1, -0.05) is 0 Å². The summed E-state index contributed by atoms with van der Waals surface area (Å²) in [6.45, 7) is 2.37. The number of hydrogen-bond acceptors (Lipinski definition) is 4. The Bertz CT molecular complexity index is 616. The molecule has 0 unspecified atom stereocenters. The highest BCUT2D eigenvalue weighted by Crippen LogP contribution is 2.35. The number of likely N-dealkylation sites (N-methyl/N-ethyl adjacent to an activating group) is 1. The van der Waals surface area contributed by atoms with Gasteiger partial charge in [-0.15, -0.1) is 0 Å². The first-order chi connectivity index (χ1) is 9.47. The van der Waals surface area contributed by atoms with Gasteiger partial charge in [0.05, 0.1) is 11.6 Å². The molecule has 0 saturated carbocycles. The lowest BCUT2D eigenvalue weighted by atomic mass is 10.1. The number of ether oxygens (including phenoxy) is 1. The maximum atomic E-state index is 12.1. The number of aromatic hydroxyl groups is 1. The van der Waals surface area contributed by atoms with Crippen molar-refractivity contribution in [2.75, 3.05) is 13.7 Å². The standard InChI is InChI=1S/C13H13BrN2O3S/c1-3-16-12(18)9(15-13(16)20)5-7-4-8(14)11(17)10(6-7)19-2/h4-6,17H,3H2,1-2H3,(H,15,20)/b9-5-. The predicted molar refractivity (Wildman–Crippen MR) is 83.5 cm³/mol. The van der Waals surface area contributed by atoms with Crippen LogP contribution in [-0.4, -0.2) is 34.7 Å². The number of hydrogen-bond donors (Lipinski definition) is 2. The number of carbonyl (C=O) groups excluding carboxylic acids is 1. The van der Waals surface area contributed by atoms with E-state index in [9.17, 15) is 9.90 Å². The summed E-state index contributed by atoms with van der Waals surface area (Å²) in [6.07, 6.45) is 1.66. The fourth-order valence-electron chi connectivity index (χ4n) is 1.86. The topological polar surface area (TPSA) is 61.8 Å². The van der Waals surface area contributed by atoms with Crippen molar-refractivity contribution in [1.82, 2.24) is 10.2 Å². The molecule has 5 nitrogen and oxygen atoms in total. The molecule has 0 aromatic heterocycles. The average molecular weight is 357 g/mol. The lowest BCUT2D eigenvalue weighted by Crippen LogP contribution is -2.30. The van der Waals surface area contributed by atoms with Gasteiger partial charge in [-0.05, 0) is 58.8 Å². The fourth-order valence-corrected chi connectivity index (χ4v) is 2.64. The van der Waals surface area contributed by atoms with Crippen LogP contribution < -0.4 is 10.1 Å². The van der Waals surface area contributed by atoms with E-state index in [0.29, 0.717) is 33.1 Å². The number of nitrogens with zero attached hydrogens (tertiary/aromatic N) is 1. The van der Waals surface area contributed by atoms with Gasteiger partial charge in [0.2, 0.25) is 0 Å². The summed E-state index contributed by atoms with van der Waals surface area (Å²) < 4.78 is 5.56. The zero-order chi connectivity index (χ0) is 14.9. The third kappa shape index (κ3) is 2.64. The van der Waals surface area contributed by atoms with Gasteiger partial charge in [0.15, 0.2) is 16.6 Å². The Morgan fingerprint density at radius 3 is 2.80 bits per heavy atom. The van der Waals surface area contributed by atoms with E-state index < -0.39 is 0 Å². The fraction of sp³-hybridized carbons (Fsp3) is 0.231. The van der Waals surface area contributed by atoms with Crippen molar-refractivity contribution in [1.29, 1.82) is 0 Å². The first-order valence-corrected chi connectivity index (χ1v) is 7.09. The van der Waals surface area contributed by atoms with Crippen LogP contribution in [0.15, 0.2) is 22.3 Å². The molecule has 0 radical (unpaired) electrons. The van der Waals surface area contributed by atoms with Crippen molar-refractivity contribution in [2.45, 2.75) is 6.92 Å². The molecule has 1 saturated heterocycles. The highest BCUT2D eigenvalue weighted by atomic mass is 79.9. The molecule has 1 aliphatic rings. The van der Waals surface area contributed by atoms with E-state index in [2.05, 4.69) is 21.2 Å². The zero-order valence-electron chi connectivity index (χ0n) is 10.9. The second-order valence-electron chi connectivity index (χ2n) is 4.09. The largest absolute Gasteiger partial charge is 0.503 e. The van der Waals surface area contributed by atoms with Gasteiger partial charge in [0.1, 0.15) is 5.70 Å². The van der Waals surface area contributed by atoms with Crippen molar-refractivity contribution >= 4 is 45.2 Å². The lowest BCUT2D eigenvalue weighted by Gasteiger charge is -2.09. The van der Waals surface area contributed by atoms with E-state index in [1.807, 2.05) is 6.92 Å². The van der Waals surface area contributed by atoms with E-state index in [-0.39, 0.29) is 11.7 Å². The van der Waals surface area contributed by atoms with Crippen LogP contribution in [0.5, 0.6) is 11.5 Å². The number of phenolic OH excluding ortho intramolecular Hbond substituents is 1. The number of benzene rings is 1. The number of halogens is 1. The maximum absolute atomic E-state index is 12.1. The van der Waals surface area contributed by atoms with Crippen LogP contribution in [0.1, 0.15) is 12.5 Å². The zero-order valence-corrected chi connectivity index (χ0v) is 13.3. The lowest BCUT2D eigenvalue weighted by molar-refractivity contribution is -0.122. The summed E-state index contributed by atoms with van der Waals surface area (Å²) in [5, 5.41) is 13.0. The molecule has 0 spiro atoms. The van der Waals surface area contributed by atoms with Crippen molar-refractivity contribution in [3.05, 3.63) is 27.9 Å². The van der Waals surface area contributed by atoms with Gasteiger partial charge in [0.25, 0.3) is 5.91 Å². The van der Waals surface area contributed by atoms with Crippen LogP contribution in [0.3, 0.4) is 0 Å². The molecular weight excluding hydrogens is 344 g/mol. The van der Waals surface area contributed by atoms with Gasteiger partial charge in [-0.3, -0.25) is 9.69 Å². The van der Waals surface area contributed by atoms with E-state index in [4.69, 9.17) is 17.0 Å². The molecule has 1 aromatic carbocycles. The predicted octanol–water partition coefficient (Wildman–Crippen LogP) is 2.24. The van der Waals surface area contributed by atoms with Gasteiger partial charge >= 0.3 is 0 Å². The van der Waals surface area contributed by atoms with Gasteiger partial charge in [-0.2, -0.15) is 0 Å². The molecule has 0 atom stereocenters. The number of phenols is 1. The molecule has 1 fully saturated rings. The molecular formula is C13H13BrN2O3S. The van der Waals surface area contributed by atoms with Crippen LogP contribution in [-0.2, 0) is 4.79 Å². The molecule has 1 heterocycles. The third-order valence-electron chi connectivity index (χ3n) is 2.86. The van der Waals surface area contributed by atoms with Crippen LogP contribution in [0.25, 0.3) is 6.08 Å². The van der Waals surface area contributed by atoms with Crippen molar-refractivity contribution in [3.63, 3.8) is 0 Å². The molecule has 7 heteroatoms. The number of methoxy groups -OCH3 is 1. The van der Waals surface area contributed by atoms with E-state index in [0.717, 1.165) is 0 Å². The maximum Gasteiger partial charge on any atom is 0.276 e. The van der Waals surface area contributed by atoms with Crippen molar-refractivity contribution in [2.24, 2.45) is 0 Å². The molecule has 1 aromatic rings. The smallest absolute Gasteiger partial charge is 0.276 e. The molecule has 2 N–H and O–H groups in total. The van der Waals surface area contributed by atoms with Crippen molar-refractivity contribution < 1.29 is 14.6 Å². The summed E-state index contributed by atoms with van der Waals surface area (Å²) in [5.74, 6) is 0.179. The minimum absolute atomic E-state index is 0.0195. The van der Waals surface area contributed by atoms with E-state index in [1.165, 1.54) is 12.0 Å². The quantitative estimate of drug-likeness (QED) is 0.642. The van der Waals surface area contributed by atoms with Crippen LogP contribution in [0, 0.1) is 0 Å². The molecule has 0 bridgehead atoms. The monoisotopic (exact) mass is 356 g/mol. The van der Waals surface area contributed by atoms with Gasteiger partial charge in [-0.25, -0.2) is 0 Å². The van der Waals surface area contributed by atoms with Crippen LogP contribution in [0.4, 0.5) is 0 Å². The van der Waals surface area contributed by atoms with E-state index >= 15 is 0 Å². The molecule has 0 aliphatic carbocycles. The highest BCUT2D eigenvalue weighted by molar-refractivity contribution is 9.10. The number of rotatable bonds is 3. The first kappa shape index (κ1) is 14.8. The Labute approximate surface area is 130 Å². The number of nitrogens with one attached hydrogen (secondary N) is 1. The molecule has 1 aliphatic heterocycles. The summed E-state index contributed by atoms with van der Waals surface area (Å²) >= 11 is 8.32. The first-order valence-electron chi connectivity index (χ1n) is 5.89. The number of carbonyl (C=O) groups is 1. The molecule has 106 valence electrons. The normalized spacial score (nSPS) is 16.8. The minimum atomic E-state index is -0.166. The second kappa shape index (κ2) is 5.80. The molecule has 2 rings (SSSR count). The Balaban J connectivity index is 2.39. The average Bonchev–Trinajstić information content (AvgIpc) is 2.68. The Hall–Kier alpha value is -1.60. The van der Waals surface area contributed by atoms with Crippen LogP contribution >= 0.6 is 28.1 Å². The summed E-state index contributed by atoms with van der Waals surface area (Å²) in [7, 11) is 1.46. The minimum Gasteiger partial charge on any atom is -0.503 e. The summed E-state index contributed by atoms with van der Waals surface area (Å²) in [5.41, 5.74) is 1.11. The second-order valence-corrected chi connectivity index (χ2v) is 5.33. The summed E-state index contributed by atoms with van der Waals surface area (Å²) in [6, 6.07) is 3.33. The third-order valence-corrected chi connectivity index (χ3v) is 3.79. The Morgan fingerprint density at radius 2 is 2.25 bits per heavy atom. The van der Waals surface area contributed by atoms with Crippen LogP contribution in [0.2, 0.25) is 0 Å². The van der Waals surface area contributed by atoms with Crippen molar-refractivity contribution in [3.8, 4) is 11.5 Å². The summed E-state index contributed by atoms with van der Waals surface area (Å²) in [4.78, 5) is 13.6. The van der Waals surface area contributed by atoms with Gasteiger partial charge < -0.3 is 15.2 Å². The number of thiocarbonyl (C=S) groups is 1. The van der Waals surface area contributed by atoms with E-state index in [1.54, 1.807) is 18.2 Å². The molecule has 1 amide bonds. The van der Waals surface area contributed by atoms with Gasteiger partial charge in [0, 0.05) is 6.54 Å². The Morgan fingerprint density at radius 1 is 1.55 bits per heavy atom. The SMILES string of the molecule is CCN1C(=O)/C(=C/c2cc(Br)c(O)c(OC)c2)NC1=S. The molecule has 20 heavy (non-hydrogen) atoms. The Kier molecular flexibility index (Phi) is 4.29.